The predicted molar refractivity (Wildman–Crippen MR) is 150 cm³/mol. The van der Waals surface area contributed by atoms with Gasteiger partial charge in [0.15, 0.2) is 10.9 Å². The lowest BCUT2D eigenvalue weighted by Gasteiger charge is -2.37. The van der Waals surface area contributed by atoms with E-state index in [-0.39, 0.29) is 39.7 Å². The van der Waals surface area contributed by atoms with Crippen LogP contribution in [-0.4, -0.2) is 52.9 Å². The monoisotopic (exact) mass is 555 g/mol. The van der Waals surface area contributed by atoms with Crippen molar-refractivity contribution in [2.45, 2.75) is 13.8 Å². The minimum atomic E-state index is -0.608. The van der Waals surface area contributed by atoms with Crippen molar-refractivity contribution in [2.24, 2.45) is 5.92 Å². The van der Waals surface area contributed by atoms with E-state index in [0.29, 0.717) is 36.9 Å². The smallest absolute Gasteiger partial charge is 0.293 e. The quantitative estimate of drug-likeness (QED) is 0.249. The highest BCUT2D eigenvalue weighted by Gasteiger charge is 2.24. The van der Waals surface area contributed by atoms with Gasteiger partial charge in [-0.15, -0.1) is 0 Å². The van der Waals surface area contributed by atoms with Gasteiger partial charge in [-0.1, -0.05) is 37.6 Å². The van der Waals surface area contributed by atoms with Crippen LogP contribution in [0.3, 0.4) is 0 Å². The Hall–Kier alpha value is -3.96. The van der Waals surface area contributed by atoms with Gasteiger partial charge in [0.1, 0.15) is 5.76 Å². The van der Waals surface area contributed by atoms with Gasteiger partial charge in [-0.2, -0.15) is 0 Å². The summed E-state index contributed by atoms with van der Waals surface area (Å²) < 4.78 is 5.56. The number of piperazine rings is 1. The van der Waals surface area contributed by atoms with Crippen molar-refractivity contribution in [2.75, 3.05) is 36.4 Å². The molecule has 1 saturated heterocycles. The van der Waals surface area contributed by atoms with Crippen molar-refractivity contribution < 1.29 is 18.9 Å². The van der Waals surface area contributed by atoms with E-state index >= 15 is 0 Å². The third-order valence-electron chi connectivity index (χ3n) is 6.05. The summed E-state index contributed by atoms with van der Waals surface area (Å²) in [5, 5.41) is 17.3. The molecule has 1 fully saturated rings. The zero-order chi connectivity index (χ0) is 27.4. The van der Waals surface area contributed by atoms with Gasteiger partial charge in [-0.3, -0.25) is 25.0 Å². The Bertz CT molecular complexity index is 1380. The summed E-state index contributed by atoms with van der Waals surface area (Å²) in [5.41, 5.74) is 1.57. The molecule has 0 atom stereocenters. The van der Waals surface area contributed by atoms with Gasteiger partial charge in [0, 0.05) is 43.9 Å². The number of thiocarbonyl (C=S) groups is 1. The normalized spacial score (nSPS) is 13.4. The maximum Gasteiger partial charge on any atom is 0.293 e. The number of benzene rings is 2. The SMILES string of the molecule is CC(C)C(=O)N1CCN(c2ccc(NC(=S)NC(=O)c3ccc(-c4ccccc4[N+](=O)[O-])o3)cc2Cl)CC1. The molecule has 0 saturated carbocycles. The molecule has 0 aliphatic carbocycles. The number of para-hydroxylation sites is 1. The maximum absolute atomic E-state index is 12.6. The first-order chi connectivity index (χ1) is 18.1. The Kier molecular flexibility index (Phi) is 8.28. The molecular formula is C26H26ClN5O5S. The highest BCUT2D eigenvalue weighted by molar-refractivity contribution is 7.80. The molecule has 0 unspecified atom stereocenters. The summed E-state index contributed by atoms with van der Waals surface area (Å²) in [5.74, 6) is -0.342. The van der Waals surface area contributed by atoms with Crippen LogP contribution in [0.15, 0.2) is 59.0 Å². The van der Waals surface area contributed by atoms with Gasteiger partial charge in [-0.05, 0) is 48.6 Å². The van der Waals surface area contributed by atoms with E-state index in [4.69, 9.17) is 28.2 Å². The van der Waals surface area contributed by atoms with Crippen LogP contribution in [0.1, 0.15) is 24.4 Å². The number of nitro groups is 1. The fourth-order valence-electron chi connectivity index (χ4n) is 4.15. The van der Waals surface area contributed by atoms with E-state index in [0.717, 1.165) is 5.69 Å². The van der Waals surface area contributed by atoms with Crippen molar-refractivity contribution in [1.29, 1.82) is 0 Å². The lowest BCUT2D eigenvalue weighted by Crippen LogP contribution is -2.50. The molecule has 2 heterocycles. The Balaban J connectivity index is 1.35. The van der Waals surface area contributed by atoms with Crippen LogP contribution < -0.4 is 15.5 Å². The number of nitro benzene ring substituents is 1. The molecule has 2 N–H and O–H groups in total. The Morgan fingerprint density at radius 2 is 1.79 bits per heavy atom. The molecule has 4 rings (SSSR count). The minimum Gasteiger partial charge on any atom is -0.451 e. The number of hydrogen-bond acceptors (Lipinski definition) is 7. The average Bonchev–Trinajstić information content (AvgIpc) is 3.39. The molecule has 0 bridgehead atoms. The van der Waals surface area contributed by atoms with Crippen LogP contribution in [0.4, 0.5) is 17.1 Å². The van der Waals surface area contributed by atoms with Gasteiger partial charge < -0.3 is 19.5 Å². The lowest BCUT2D eigenvalue weighted by atomic mass is 10.1. The van der Waals surface area contributed by atoms with E-state index in [1.807, 2.05) is 24.8 Å². The number of furan rings is 1. The number of nitrogens with one attached hydrogen (secondary N) is 2. The fraction of sp³-hybridized carbons (Fsp3) is 0.269. The molecule has 2 aromatic carbocycles. The topological polar surface area (TPSA) is 121 Å². The van der Waals surface area contributed by atoms with Gasteiger partial charge in [0.2, 0.25) is 5.91 Å². The van der Waals surface area contributed by atoms with Crippen LogP contribution in [-0.2, 0) is 4.79 Å². The molecule has 12 heteroatoms. The van der Waals surface area contributed by atoms with Gasteiger partial charge in [0.25, 0.3) is 11.6 Å². The molecule has 2 amide bonds. The number of anilines is 2. The molecule has 1 aliphatic rings. The molecular weight excluding hydrogens is 530 g/mol. The number of amides is 2. The van der Waals surface area contributed by atoms with Gasteiger partial charge in [-0.25, -0.2) is 0 Å². The van der Waals surface area contributed by atoms with Crippen molar-refractivity contribution >= 4 is 57.8 Å². The number of hydrogen-bond donors (Lipinski definition) is 2. The van der Waals surface area contributed by atoms with Crippen LogP contribution in [0, 0.1) is 16.0 Å². The average molecular weight is 556 g/mol. The highest BCUT2D eigenvalue weighted by Crippen LogP contribution is 2.31. The Morgan fingerprint density at radius 1 is 1.08 bits per heavy atom. The summed E-state index contributed by atoms with van der Waals surface area (Å²) in [7, 11) is 0. The summed E-state index contributed by atoms with van der Waals surface area (Å²) in [4.78, 5) is 39.6. The van der Waals surface area contributed by atoms with E-state index in [9.17, 15) is 19.7 Å². The van der Waals surface area contributed by atoms with Crippen LogP contribution >= 0.6 is 23.8 Å². The van der Waals surface area contributed by atoms with E-state index in [1.54, 1.807) is 30.3 Å². The Morgan fingerprint density at radius 3 is 2.45 bits per heavy atom. The summed E-state index contributed by atoms with van der Waals surface area (Å²) >= 11 is 11.8. The first-order valence-electron chi connectivity index (χ1n) is 11.9. The third kappa shape index (κ3) is 6.12. The molecule has 0 radical (unpaired) electrons. The van der Waals surface area contributed by atoms with Gasteiger partial charge in [0.05, 0.1) is 21.2 Å². The maximum atomic E-state index is 12.6. The first kappa shape index (κ1) is 27.1. The zero-order valence-corrected chi connectivity index (χ0v) is 22.3. The molecule has 3 aromatic rings. The molecule has 0 spiro atoms. The zero-order valence-electron chi connectivity index (χ0n) is 20.8. The third-order valence-corrected chi connectivity index (χ3v) is 6.56. The number of carbonyl (C=O) groups is 2. The lowest BCUT2D eigenvalue weighted by molar-refractivity contribution is -0.384. The van der Waals surface area contributed by atoms with Crippen molar-refractivity contribution in [3.05, 3.63) is 75.5 Å². The van der Waals surface area contributed by atoms with Crippen LogP contribution in [0.5, 0.6) is 0 Å². The van der Waals surface area contributed by atoms with Crippen LogP contribution in [0.25, 0.3) is 11.3 Å². The van der Waals surface area contributed by atoms with Gasteiger partial charge >= 0.3 is 0 Å². The number of halogens is 1. The van der Waals surface area contributed by atoms with Crippen LogP contribution in [0.2, 0.25) is 5.02 Å². The molecule has 1 aliphatic heterocycles. The summed E-state index contributed by atoms with van der Waals surface area (Å²) in [6, 6.07) is 14.4. The van der Waals surface area contributed by atoms with E-state index in [2.05, 4.69) is 15.5 Å². The molecule has 198 valence electrons. The summed E-state index contributed by atoms with van der Waals surface area (Å²) in [6.45, 7) is 6.42. The summed E-state index contributed by atoms with van der Waals surface area (Å²) in [6.07, 6.45) is 0. The molecule has 10 nitrogen and oxygen atoms in total. The van der Waals surface area contributed by atoms with Crippen molar-refractivity contribution in [3.8, 4) is 11.3 Å². The van der Waals surface area contributed by atoms with Crippen molar-refractivity contribution in [1.82, 2.24) is 10.2 Å². The van der Waals surface area contributed by atoms with E-state index < -0.39 is 10.8 Å². The number of carbonyl (C=O) groups excluding carboxylic acids is 2. The Labute approximate surface area is 229 Å². The second-order valence-electron chi connectivity index (χ2n) is 8.98. The second kappa shape index (κ2) is 11.6. The highest BCUT2D eigenvalue weighted by atomic mass is 35.5. The molecule has 1 aromatic heterocycles. The fourth-order valence-corrected chi connectivity index (χ4v) is 4.66. The first-order valence-corrected chi connectivity index (χ1v) is 12.7. The van der Waals surface area contributed by atoms with Crippen molar-refractivity contribution in [3.63, 3.8) is 0 Å². The predicted octanol–water partition coefficient (Wildman–Crippen LogP) is 4.94. The number of nitrogens with zero attached hydrogens (tertiary/aromatic N) is 3. The minimum absolute atomic E-state index is 0.0278. The number of rotatable bonds is 6. The largest absolute Gasteiger partial charge is 0.451 e. The second-order valence-corrected chi connectivity index (χ2v) is 9.80. The molecule has 38 heavy (non-hydrogen) atoms. The standard InChI is InChI=1S/C26H26ClN5O5S/c1-16(2)25(34)31-13-11-30(12-14-31)21-8-7-17(15-19(21)27)28-26(38)29-24(33)23-10-9-22(37-23)18-5-3-4-6-20(18)32(35)36/h3-10,15-16H,11-14H2,1-2H3,(H2,28,29,33,38). The van der Waals surface area contributed by atoms with E-state index in [1.165, 1.54) is 18.2 Å².